The fourth-order valence-electron chi connectivity index (χ4n) is 2.25. The molecule has 1 aromatic heterocycles. The molecular weight excluding hydrogens is 297 g/mol. The van der Waals surface area contributed by atoms with Crippen molar-refractivity contribution >= 4 is 15.9 Å². The molecule has 0 radical (unpaired) electrons. The molecule has 1 aliphatic carbocycles. The zero-order valence-corrected chi connectivity index (χ0v) is 11.6. The van der Waals surface area contributed by atoms with Crippen LogP contribution in [0.2, 0.25) is 0 Å². The molecule has 1 aliphatic rings. The van der Waals surface area contributed by atoms with Crippen molar-refractivity contribution < 1.29 is 8.91 Å². The molecule has 3 rings (SSSR count). The van der Waals surface area contributed by atoms with Crippen LogP contribution in [-0.4, -0.2) is 5.16 Å². The second kappa shape index (κ2) is 4.50. The van der Waals surface area contributed by atoms with Crippen LogP contribution in [0.1, 0.15) is 37.0 Å². The topological polar surface area (TPSA) is 26.0 Å². The summed E-state index contributed by atoms with van der Waals surface area (Å²) in [6.07, 6.45) is 3.12. The van der Waals surface area contributed by atoms with Crippen LogP contribution >= 0.6 is 15.9 Å². The van der Waals surface area contributed by atoms with Crippen molar-refractivity contribution in [3.05, 3.63) is 39.8 Å². The summed E-state index contributed by atoms with van der Waals surface area (Å²) < 4.78 is 20.1. The van der Waals surface area contributed by atoms with Crippen LogP contribution in [0.5, 0.6) is 0 Å². The first-order chi connectivity index (χ1) is 8.72. The minimum Gasteiger partial charge on any atom is -0.360 e. The summed E-state index contributed by atoms with van der Waals surface area (Å²) in [5.74, 6) is 1.17. The van der Waals surface area contributed by atoms with Gasteiger partial charge in [0.1, 0.15) is 17.3 Å². The highest BCUT2D eigenvalue weighted by Crippen LogP contribution is 2.45. The summed E-state index contributed by atoms with van der Waals surface area (Å²) >= 11 is 3.39. The van der Waals surface area contributed by atoms with Crippen molar-refractivity contribution in [2.45, 2.75) is 32.1 Å². The smallest absolute Gasteiger partial charge is 0.143 e. The summed E-state index contributed by atoms with van der Waals surface area (Å²) in [4.78, 5) is 0. The van der Waals surface area contributed by atoms with Crippen LogP contribution < -0.4 is 0 Å². The van der Waals surface area contributed by atoms with E-state index in [2.05, 4.69) is 28.0 Å². The Morgan fingerprint density at radius 1 is 1.44 bits per heavy atom. The fourth-order valence-corrected chi connectivity index (χ4v) is 2.78. The van der Waals surface area contributed by atoms with Gasteiger partial charge in [-0.3, -0.25) is 0 Å². The molecule has 94 valence electrons. The van der Waals surface area contributed by atoms with Gasteiger partial charge < -0.3 is 4.52 Å². The third kappa shape index (κ3) is 1.88. The quantitative estimate of drug-likeness (QED) is 0.822. The zero-order valence-electron chi connectivity index (χ0n) is 10.0. The lowest BCUT2D eigenvalue weighted by Crippen LogP contribution is -1.92. The molecule has 0 spiro atoms. The number of aromatic nitrogens is 1. The van der Waals surface area contributed by atoms with E-state index in [1.165, 1.54) is 6.07 Å². The fraction of sp³-hybridized carbons (Fsp3) is 0.357. The van der Waals surface area contributed by atoms with Crippen LogP contribution in [-0.2, 0) is 6.42 Å². The lowest BCUT2D eigenvalue weighted by molar-refractivity contribution is 0.384. The maximum absolute atomic E-state index is 14.0. The number of rotatable bonds is 3. The van der Waals surface area contributed by atoms with Crippen LogP contribution in [0.15, 0.2) is 27.2 Å². The van der Waals surface area contributed by atoms with Gasteiger partial charge in [0, 0.05) is 16.0 Å². The summed E-state index contributed by atoms with van der Waals surface area (Å²) in [6, 6.07) is 4.95. The molecule has 4 heteroatoms. The maximum atomic E-state index is 14.0. The van der Waals surface area contributed by atoms with Crippen molar-refractivity contribution in [3.8, 4) is 11.3 Å². The van der Waals surface area contributed by atoms with Crippen molar-refractivity contribution in [1.29, 1.82) is 0 Å². The Bertz CT molecular complexity index is 569. The Hall–Kier alpha value is -1.16. The molecule has 0 amide bonds. The summed E-state index contributed by atoms with van der Waals surface area (Å²) in [5.41, 5.74) is 2.19. The van der Waals surface area contributed by atoms with Crippen molar-refractivity contribution in [3.63, 3.8) is 0 Å². The van der Waals surface area contributed by atoms with Gasteiger partial charge in [-0.25, -0.2) is 4.39 Å². The molecule has 1 aromatic carbocycles. The van der Waals surface area contributed by atoms with Crippen LogP contribution in [0.3, 0.4) is 0 Å². The van der Waals surface area contributed by atoms with E-state index in [-0.39, 0.29) is 5.82 Å². The third-order valence-corrected chi connectivity index (χ3v) is 3.98. The highest BCUT2D eigenvalue weighted by molar-refractivity contribution is 9.10. The van der Waals surface area contributed by atoms with Crippen LogP contribution in [0.4, 0.5) is 4.39 Å². The predicted octanol–water partition coefficient (Wildman–Crippen LogP) is 4.68. The minimum atomic E-state index is -0.269. The average molecular weight is 310 g/mol. The highest BCUT2D eigenvalue weighted by atomic mass is 79.9. The second-order valence-corrected chi connectivity index (χ2v) is 5.45. The molecule has 18 heavy (non-hydrogen) atoms. The number of nitrogens with zero attached hydrogens (tertiary/aromatic N) is 1. The van der Waals surface area contributed by atoms with Gasteiger partial charge in [0.2, 0.25) is 0 Å². The van der Waals surface area contributed by atoms with Crippen molar-refractivity contribution in [2.75, 3.05) is 0 Å². The summed E-state index contributed by atoms with van der Waals surface area (Å²) in [6.45, 7) is 2.05. The van der Waals surface area contributed by atoms with Crippen LogP contribution in [0, 0.1) is 5.82 Å². The monoisotopic (exact) mass is 309 g/mol. The minimum absolute atomic E-state index is 0.269. The zero-order chi connectivity index (χ0) is 12.7. The van der Waals surface area contributed by atoms with E-state index in [0.29, 0.717) is 21.6 Å². The Labute approximate surface area is 113 Å². The molecule has 0 saturated heterocycles. The first kappa shape index (κ1) is 11.9. The molecular formula is C14H13BrFNO. The largest absolute Gasteiger partial charge is 0.360 e. The lowest BCUT2D eigenvalue weighted by atomic mass is 10.0. The number of hydrogen-bond acceptors (Lipinski definition) is 2. The van der Waals surface area contributed by atoms with Gasteiger partial charge in [-0.1, -0.05) is 18.1 Å². The molecule has 0 atom stereocenters. The molecule has 0 bridgehead atoms. The Kier molecular flexibility index (Phi) is 2.98. The maximum Gasteiger partial charge on any atom is 0.143 e. The molecule has 0 unspecified atom stereocenters. The van der Waals surface area contributed by atoms with E-state index in [1.54, 1.807) is 6.07 Å². The molecule has 1 heterocycles. The Balaban J connectivity index is 2.16. The summed E-state index contributed by atoms with van der Waals surface area (Å²) in [7, 11) is 0. The SMILES string of the molecule is CCc1c(-c2c(F)cccc2Br)noc1C1CC1. The van der Waals surface area contributed by atoms with E-state index < -0.39 is 0 Å². The number of halogens is 2. The first-order valence-corrected chi connectivity index (χ1v) is 6.94. The van der Waals surface area contributed by atoms with Gasteiger partial charge in [-0.2, -0.15) is 0 Å². The van der Waals surface area contributed by atoms with E-state index >= 15 is 0 Å². The third-order valence-electron chi connectivity index (χ3n) is 3.32. The van der Waals surface area contributed by atoms with Gasteiger partial charge in [0.15, 0.2) is 0 Å². The first-order valence-electron chi connectivity index (χ1n) is 6.15. The van der Waals surface area contributed by atoms with E-state index in [9.17, 15) is 4.39 Å². The number of benzene rings is 1. The predicted molar refractivity (Wildman–Crippen MR) is 71.0 cm³/mol. The van der Waals surface area contributed by atoms with Crippen molar-refractivity contribution in [2.24, 2.45) is 0 Å². The van der Waals surface area contributed by atoms with E-state index in [1.807, 2.05) is 6.07 Å². The standard InChI is InChI=1S/C14H13BrFNO/c1-2-9-13(17-18-14(9)8-6-7-8)12-10(15)4-3-5-11(12)16/h3-5,8H,2,6-7H2,1H3. The Morgan fingerprint density at radius 2 is 2.22 bits per heavy atom. The molecule has 2 nitrogen and oxygen atoms in total. The second-order valence-electron chi connectivity index (χ2n) is 4.60. The van der Waals surface area contributed by atoms with Gasteiger partial charge in [-0.15, -0.1) is 0 Å². The average Bonchev–Trinajstić information content (AvgIpc) is 3.10. The van der Waals surface area contributed by atoms with E-state index in [0.717, 1.165) is 30.6 Å². The summed E-state index contributed by atoms with van der Waals surface area (Å²) in [5, 5.41) is 4.10. The van der Waals surface area contributed by atoms with Gasteiger partial charge in [-0.05, 0) is 47.3 Å². The molecule has 0 aliphatic heterocycles. The molecule has 2 aromatic rings. The highest BCUT2D eigenvalue weighted by Gasteiger charge is 2.32. The van der Waals surface area contributed by atoms with Gasteiger partial charge >= 0.3 is 0 Å². The Morgan fingerprint density at radius 3 is 2.83 bits per heavy atom. The van der Waals surface area contributed by atoms with Gasteiger partial charge in [0.05, 0.1) is 5.56 Å². The van der Waals surface area contributed by atoms with Crippen LogP contribution in [0.25, 0.3) is 11.3 Å². The molecule has 0 N–H and O–H groups in total. The molecule has 1 fully saturated rings. The number of hydrogen-bond donors (Lipinski definition) is 0. The lowest BCUT2D eigenvalue weighted by Gasteiger charge is -2.04. The van der Waals surface area contributed by atoms with Gasteiger partial charge in [0.25, 0.3) is 0 Å². The molecule has 1 saturated carbocycles. The van der Waals surface area contributed by atoms with Crippen molar-refractivity contribution in [1.82, 2.24) is 5.16 Å². The normalized spacial score (nSPS) is 15.1. The van der Waals surface area contributed by atoms with E-state index in [4.69, 9.17) is 4.52 Å².